The highest BCUT2D eigenvalue weighted by Gasteiger charge is 2.48. The van der Waals surface area contributed by atoms with Gasteiger partial charge in [0.1, 0.15) is 0 Å². The molecular formula is C15H23NS. The van der Waals surface area contributed by atoms with E-state index in [4.69, 9.17) is 0 Å². The van der Waals surface area contributed by atoms with Crippen molar-refractivity contribution in [2.45, 2.75) is 45.6 Å². The van der Waals surface area contributed by atoms with Crippen LogP contribution in [0.3, 0.4) is 0 Å². The first-order valence-electron chi connectivity index (χ1n) is 7.07. The third-order valence-corrected chi connectivity index (χ3v) is 5.65. The second-order valence-corrected chi connectivity index (χ2v) is 6.83. The van der Waals surface area contributed by atoms with Gasteiger partial charge in [-0.25, -0.2) is 0 Å². The first-order valence-corrected chi connectivity index (χ1v) is 7.95. The summed E-state index contributed by atoms with van der Waals surface area (Å²) < 4.78 is 0. The summed E-state index contributed by atoms with van der Waals surface area (Å²) >= 11 is 1.95. The lowest BCUT2D eigenvalue weighted by molar-refractivity contribution is 0.345. The van der Waals surface area contributed by atoms with E-state index < -0.39 is 0 Å². The van der Waals surface area contributed by atoms with Gasteiger partial charge in [-0.3, -0.25) is 0 Å². The van der Waals surface area contributed by atoms with E-state index in [1.165, 1.54) is 31.2 Å². The molecular weight excluding hydrogens is 226 g/mol. The van der Waals surface area contributed by atoms with Crippen LogP contribution in [0.5, 0.6) is 0 Å². The SMILES string of the molecule is CCCNC(c1sccc1C)C1CC2CC2C1. The minimum atomic E-state index is 0.641. The highest BCUT2D eigenvalue weighted by atomic mass is 32.1. The van der Waals surface area contributed by atoms with Gasteiger partial charge >= 0.3 is 0 Å². The molecule has 2 aliphatic rings. The van der Waals surface area contributed by atoms with E-state index in [0.29, 0.717) is 6.04 Å². The van der Waals surface area contributed by atoms with Gasteiger partial charge in [-0.15, -0.1) is 11.3 Å². The quantitative estimate of drug-likeness (QED) is 0.827. The highest BCUT2D eigenvalue weighted by Crippen LogP contribution is 2.57. The number of hydrogen-bond donors (Lipinski definition) is 1. The fourth-order valence-electron chi connectivity index (χ4n) is 3.51. The summed E-state index contributed by atoms with van der Waals surface area (Å²) in [5.74, 6) is 3.08. The van der Waals surface area contributed by atoms with Crippen LogP contribution < -0.4 is 5.32 Å². The predicted molar refractivity (Wildman–Crippen MR) is 74.4 cm³/mol. The van der Waals surface area contributed by atoms with Crippen LogP contribution in [0.15, 0.2) is 11.4 Å². The first-order chi connectivity index (χ1) is 8.29. The lowest BCUT2D eigenvalue weighted by Gasteiger charge is -2.26. The molecule has 3 rings (SSSR count). The van der Waals surface area contributed by atoms with Crippen molar-refractivity contribution in [1.82, 2.24) is 5.32 Å². The van der Waals surface area contributed by atoms with Crippen molar-refractivity contribution in [3.63, 3.8) is 0 Å². The summed E-state index contributed by atoms with van der Waals surface area (Å²) in [7, 11) is 0. The van der Waals surface area contributed by atoms with E-state index in [1.807, 2.05) is 11.3 Å². The van der Waals surface area contributed by atoms with E-state index in [2.05, 4.69) is 30.6 Å². The van der Waals surface area contributed by atoms with Crippen molar-refractivity contribution < 1.29 is 0 Å². The lowest BCUT2D eigenvalue weighted by atomic mass is 9.92. The number of hydrogen-bond acceptors (Lipinski definition) is 2. The molecule has 94 valence electrons. The van der Waals surface area contributed by atoms with Crippen LogP contribution in [0, 0.1) is 24.7 Å². The minimum Gasteiger partial charge on any atom is -0.309 e. The number of thiophene rings is 1. The van der Waals surface area contributed by atoms with Gasteiger partial charge in [0.15, 0.2) is 0 Å². The monoisotopic (exact) mass is 249 g/mol. The van der Waals surface area contributed by atoms with E-state index in [-0.39, 0.29) is 0 Å². The van der Waals surface area contributed by atoms with Gasteiger partial charge in [0, 0.05) is 10.9 Å². The molecule has 0 radical (unpaired) electrons. The van der Waals surface area contributed by atoms with E-state index in [9.17, 15) is 0 Å². The molecule has 0 spiro atoms. The second-order valence-electron chi connectivity index (χ2n) is 5.89. The van der Waals surface area contributed by atoms with Gasteiger partial charge in [-0.1, -0.05) is 6.92 Å². The number of aryl methyl sites for hydroxylation is 1. The Hall–Kier alpha value is -0.340. The largest absolute Gasteiger partial charge is 0.309 e. The molecule has 1 aromatic heterocycles. The summed E-state index contributed by atoms with van der Waals surface area (Å²) in [5, 5.41) is 6.06. The number of rotatable bonds is 5. The van der Waals surface area contributed by atoms with Crippen LogP contribution in [0.25, 0.3) is 0 Å². The molecule has 17 heavy (non-hydrogen) atoms. The van der Waals surface area contributed by atoms with Gasteiger partial charge in [0.2, 0.25) is 0 Å². The van der Waals surface area contributed by atoms with Crippen LogP contribution in [0.2, 0.25) is 0 Å². The van der Waals surface area contributed by atoms with Crippen LogP contribution in [0.1, 0.15) is 49.1 Å². The molecule has 0 aliphatic heterocycles. The zero-order valence-corrected chi connectivity index (χ0v) is 11.7. The van der Waals surface area contributed by atoms with Gasteiger partial charge in [-0.05, 0) is 73.9 Å². The molecule has 3 atom stereocenters. The molecule has 2 saturated carbocycles. The van der Waals surface area contributed by atoms with Crippen LogP contribution >= 0.6 is 11.3 Å². The summed E-state index contributed by atoms with van der Waals surface area (Å²) in [5.41, 5.74) is 1.49. The molecule has 0 amide bonds. The standard InChI is InChI=1S/C15H23NS/c1-3-5-16-14(15-10(2)4-6-17-15)13-8-11-7-12(11)9-13/h4,6,11-14,16H,3,5,7-9H2,1-2H3. The number of nitrogens with one attached hydrogen (secondary N) is 1. The third kappa shape index (κ3) is 2.30. The summed E-state index contributed by atoms with van der Waals surface area (Å²) in [4.78, 5) is 1.60. The maximum absolute atomic E-state index is 3.81. The molecule has 2 heteroatoms. The predicted octanol–water partition coefficient (Wildman–Crippen LogP) is 4.14. The zero-order valence-electron chi connectivity index (χ0n) is 10.9. The fourth-order valence-corrected chi connectivity index (χ4v) is 4.61. The normalized spacial score (nSPS) is 32.5. The van der Waals surface area contributed by atoms with Crippen LogP contribution in [0.4, 0.5) is 0 Å². The van der Waals surface area contributed by atoms with Gasteiger partial charge < -0.3 is 5.32 Å². The van der Waals surface area contributed by atoms with Gasteiger partial charge in [-0.2, -0.15) is 0 Å². The maximum atomic E-state index is 3.81. The van der Waals surface area contributed by atoms with Crippen molar-refractivity contribution in [1.29, 1.82) is 0 Å². The Kier molecular flexibility index (Phi) is 3.27. The summed E-state index contributed by atoms with van der Waals surface area (Å²) in [6.45, 7) is 5.69. The second kappa shape index (κ2) is 4.74. The Morgan fingerprint density at radius 1 is 1.35 bits per heavy atom. The molecule has 1 nitrogen and oxygen atoms in total. The van der Waals surface area contributed by atoms with E-state index in [0.717, 1.165) is 24.3 Å². The van der Waals surface area contributed by atoms with Gasteiger partial charge in [0.05, 0.1) is 0 Å². The van der Waals surface area contributed by atoms with Crippen molar-refractivity contribution in [2.24, 2.45) is 17.8 Å². The molecule has 1 heterocycles. The Morgan fingerprint density at radius 3 is 2.71 bits per heavy atom. The van der Waals surface area contributed by atoms with Crippen molar-refractivity contribution >= 4 is 11.3 Å². The van der Waals surface area contributed by atoms with Crippen LogP contribution in [-0.2, 0) is 0 Å². The maximum Gasteiger partial charge on any atom is 0.0446 e. The minimum absolute atomic E-state index is 0.641. The lowest BCUT2D eigenvalue weighted by Crippen LogP contribution is -2.28. The molecule has 2 aliphatic carbocycles. The number of fused-ring (bicyclic) bond motifs is 1. The van der Waals surface area contributed by atoms with Crippen LogP contribution in [-0.4, -0.2) is 6.54 Å². The molecule has 0 saturated heterocycles. The zero-order chi connectivity index (χ0) is 11.8. The molecule has 2 fully saturated rings. The smallest absolute Gasteiger partial charge is 0.0446 e. The average Bonchev–Trinajstić information content (AvgIpc) is 2.74. The molecule has 1 N–H and O–H groups in total. The molecule has 0 bridgehead atoms. The highest BCUT2D eigenvalue weighted by molar-refractivity contribution is 7.10. The van der Waals surface area contributed by atoms with Gasteiger partial charge in [0.25, 0.3) is 0 Å². The molecule has 1 aromatic rings. The molecule has 0 aromatic carbocycles. The van der Waals surface area contributed by atoms with Crippen molar-refractivity contribution in [3.8, 4) is 0 Å². The first kappa shape index (κ1) is 11.7. The Balaban J connectivity index is 1.74. The Morgan fingerprint density at radius 2 is 2.12 bits per heavy atom. The summed E-state index contributed by atoms with van der Waals surface area (Å²) in [6.07, 6.45) is 5.72. The van der Waals surface area contributed by atoms with E-state index >= 15 is 0 Å². The fraction of sp³-hybridized carbons (Fsp3) is 0.733. The topological polar surface area (TPSA) is 12.0 Å². The average molecular weight is 249 g/mol. The van der Waals surface area contributed by atoms with E-state index in [1.54, 1.807) is 4.88 Å². The van der Waals surface area contributed by atoms with Crippen molar-refractivity contribution in [2.75, 3.05) is 6.54 Å². The van der Waals surface area contributed by atoms with Crippen molar-refractivity contribution in [3.05, 3.63) is 21.9 Å². The molecule has 3 unspecified atom stereocenters. The Labute approximate surface area is 109 Å². The summed E-state index contributed by atoms with van der Waals surface area (Å²) in [6, 6.07) is 2.92. The third-order valence-electron chi connectivity index (χ3n) is 4.55. The Bertz CT molecular complexity index is 374.